The van der Waals surface area contributed by atoms with Gasteiger partial charge in [-0.2, -0.15) is 0 Å². The summed E-state index contributed by atoms with van der Waals surface area (Å²) in [6.45, 7) is 18.9. The molecule has 0 amide bonds. The van der Waals surface area contributed by atoms with Crippen molar-refractivity contribution in [3.8, 4) is 0 Å². The molecule has 0 aromatic heterocycles. The molecule has 0 aliphatic rings. The van der Waals surface area contributed by atoms with Gasteiger partial charge in [-0.1, -0.05) is 183 Å². The second kappa shape index (κ2) is 43.4. The first kappa shape index (κ1) is 54.9. The minimum atomic E-state index is 0.0244. The quantitative estimate of drug-likeness (QED) is 0.0452. The lowest BCUT2D eigenvalue weighted by molar-refractivity contribution is -0.146. The van der Waals surface area contributed by atoms with Crippen molar-refractivity contribution in [2.24, 2.45) is 11.8 Å². The van der Waals surface area contributed by atoms with E-state index in [0.29, 0.717) is 44.0 Å². The van der Waals surface area contributed by atoms with Crippen molar-refractivity contribution < 1.29 is 23.8 Å². The molecule has 56 heavy (non-hydrogen) atoms. The maximum atomic E-state index is 12.6. The standard InChI is InChI=1S/C50H99NO5/c1-7-13-25-34-46(35-26-14-8-2)44-49(52)55-41-31-23-19-17-18-21-29-38-48(54-43-33-40-51(11-5)12-6)39-30-22-20-24-32-42-56-50(53)45-47(36-27-15-9-3)37-28-16-10-4/h46-48H,7-45H2,1-6H3. The van der Waals surface area contributed by atoms with Crippen LogP contribution in [0.5, 0.6) is 0 Å². The van der Waals surface area contributed by atoms with Gasteiger partial charge in [0.25, 0.3) is 0 Å². The van der Waals surface area contributed by atoms with Gasteiger partial charge in [0.2, 0.25) is 0 Å². The number of unbranched alkanes of at least 4 members (excludes halogenated alkanes) is 18. The van der Waals surface area contributed by atoms with E-state index in [9.17, 15) is 9.59 Å². The summed E-state index contributed by atoms with van der Waals surface area (Å²) in [4.78, 5) is 27.6. The van der Waals surface area contributed by atoms with E-state index in [1.54, 1.807) is 0 Å². The molecule has 0 aliphatic heterocycles. The van der Waals surface area contributed by atoms with Gasteiger partial charge in [-0.15, -0.1) is 0 Å². The molecular formula is C50H99NO5. The van der Waals surface area contributed by atoms with Crippen LogP contribution in [0.15, 0.2) is 0 Å². The Labute approximate surface area is 350 Å². The zero-order valence-electron chi connectivity index (χ0n) is 38.8. The van der Waals surface area contributed by atoms with Crippen LogP contribution in [0, 0.1) is 11.8 Å². The number of hydrogen-bond acceptors (Lipinski definition) is 6. The van der Waals surface area contributed by atoms with Crippen LogP contribution in [0.2, 0.25) is 0 Å². The van der Waals surface area contributed by atoms with Crippen LogP contribution in [0.1, 0.15) is 253 Å². The van der Waals surface area contributed by atoms with Crippen molar-refractivity contribution in [3.05, 3.63) is 0 Å². The average Bonchev–Trinajstić information content (AvgIpc) is 3.19. The Morgan fingerprint density at radius 1 is 0.393 bits per heavy atom. The topological polar surface area (TPSA) is 65.1 Å². The highest BCUT2D eigenvalue weighted by atomic mass is 16.5. The van der Waals surface area contributed by atoms with Crippen LogP contribution in [0.25, 0.3) is 0 Å². The predicted molar refractivity (Wildman–Crippen MR) is 241 cm³/mol. The largest absolute Gasteiger partial charge is 0.466 e. The lowest BCUT2D eigenvalue weighted by Gasteiger charge is -2.21. The van der Waals surface area contributed by atoms with Crippen LogP contribution in [-0.4, -0.2) is 62.4 Å². The Morgan fingerprint density at radius 2 is 0.732 bits per heavy atom. The summed E-state index contributed by atoms with van der Waals surface area (Å²) < 4.78 is 17.8. The summed E-state index contributed by atoms with van der Waals surface area (Å²) in [7, 11) is 0. The molecule has 0 saturated heterocycles. The molecule has 1 atom stereocenters. The number of carbonyl (C=O) groups is 2. The van der Waals surface area contributed by atoms with Gasteiger partial charge in [0.05, 0.1) is 19.3 Å². The van der Waals surface area contributed by atoms with Gasteiger partial charge in [0, 0.05) is 26.0 Å². The monoisotopic (exact) mass is 794 g/mol. The Hall–Kier alpha value is -1.14. The molecule has 0 fully saturated rings. The first-order valence-corrected chi connectivity index (χ1v) is 25.1. The number of hydrogen-bond donors (Lipinski definition) is 0. The number of ether oxygens (including phenoxy) is 3. The Bertz CT molecular complexity index is 797. The normalized spacial score (nSPS) is 12.3. The summed E-state index contributed by atoms with van der Waals surface area (Å²) in [5.74, 6) is 1.07. The van der Waals surface area contributed by atoms with E-state index in [1.165, 1.54) is 161 Å². The number of esters is 2. The van der Waals surface area contributed by atoms with E-state index in [0.717, 1.165) is 64.8 Å². The predicted octanol–water partition coefficient (Wildman–Crippen LogP) is 15.0. The van der Waals surface area contributed by atoms with Crippen LogP contribution < -0.4 is 0 Å². The van der Waals surface area contributed by atoms with Crippen LogP contribution in [0.3, 0.4) is 0 Å². The molecular weight excluding hydrogens is 695 g/mol. The molecule has 0 aliphatic carbocycles. The molecule has 0 saturated carbocycles. The molecule has 0 N–H and O–H groups in total. The minimum absolute atomic E-state index is 0.0244. The van der Waals surface area contributed by atoms with E-state index >= 15 is 0 Å². The molecule has 6 nitrogen and oxygen atoms in total. The zero-order valence-corrected chi connectivity index (χ0v) is 38.8. The van der Waals surface area contributed by atoms with Crippen molar-refractivity contribution in [3.63, 3.8) is 0 Å². The van der Waals surface area contributed by atoms with Crippen molar-refractivity contribution >= 4 is 11.9 Å². The lowest BCUT2D eigenvalue weighted by atomic mass is 9.92. The van der Waals surface area contributed by atoms with Gasteiger partial charge in [0.15, 0.2) is 0 Å². The fourth-order valence-corrected chi connectivity index (χ4v) is 8.14. The summed E-state index contributed by atoms with van der Waals surface area (Å²) >= 11 is 0. The van der Waals surface area contributed by atoms with E-state index in [-0.39, 0.29) is 11.9 Å². The van der Waals surface area contributed by atoms with Crippen LogP contribution in [-0.2, 0) is 23.8 Å². The Morgan fingerprint density at radius 3 is 1.09 bits per heavy atom. The zero-order chi connectivity index (χ0) is 41.2. The lowest BCUT2D eigenvalue weighted by Crippen LogP contribution is -2.25. The first-order chi connectivity index (χ1) is 27.4. The summed E-state index contributed by atoms with van der Waals surface area (Å²) in [5, 5.41) is 0. The summed E-state index contributed by atoms with van der Waals surface area (Å²) in [6.07, 6.45) is 39.0. The smallest absolute Gasteiger partial charge is 0.306 e. The number of nitrogens with zero attached hydrogens (tertiary/aromatic N) is 1. The first-order valence-electron chi connectivity index (χ1n) is 25.1. The molecule has 0 spiro atoms. The third kappa shape index (κ3) is 37.2. The molecule has 0 radical (unpaired) electrons. The van der Waals surface area contributed by atoms with Crippen LogP contribution in [0.4, 0.5) is 0 Å². The fourth-order valence-electron chi connectivity index (χ4n) is 8.14. The maximum Gasteiger partial charge on any atom is 0.306 e. The molecule has 334 valence electrons. The molecule has 0 rings (SSSR count). The Balaban J connectivity index is 4.28. The highest BCUT2D eigenvalue weighted by Crippen LogP contribution is 2.23. The third-order valence-corrected chi connectivity index (χ3v) is 12.0. The average molecular weight is 794 g/mol. The fraction of sp³-hybridized carbons (Fsp3) is 0.960. The van der Waals surface area contributed by atoms with Crippen molar-refractivity contribution in [2.75, 3.05) is 39.5 Å². The SMILES string of the molecule is CCCCCC(CCCCC)CC(=O)OCCCCCCCCCC(CCCCCCCOC(=O)CC(CCCCC)CCCCC)OCCCN(CC)CC. The number of rotatable bonds is 45. The molecule has 0 aromatic carbocycles. The highest BCUT2D eigenvalue weighted by molar-refractivity contribution is 5.70. The second-order valence-electron chi connectivity index (χ2n) is 17.3. The van der Waals surface area contributed by atoms with Gasteiger partial charge in [-0.3, -0.25) is 9.59 Å². The van der Waals surface area contributed by atoms with E-state index < -0.39 is 0 Å². The molecule has 0 aromatic rings. The van der Waals surface area contributed by atoms with E-state index in [2.05, 4.69) is 46.4 Å². The Kier molecular flexibility index (Phi) is 42.6. The molecule has 0 heterocycles. The molecule has 1 unspecified atom stereocenters. The van der Waals surface area contributed by atoms with Gasteiger partial charge < -0.3 is 19.1 Å². The van der Waals surface area contributed by atoms with Gasteiger partial charge in [0.1, 0.15) is 0 Å². The summed E-state index contributed by atoms with van der Waals surface area (Å²) in [6, 6.07) is 0. The highest BCUT2D eigenvalue weighted by Gasteiger charge is 2.16. The minimum Gasteiger partial charge on any atom is -0.466 e. The maximum absolute atomic E-state index is 12.6. The van der Waals surface area contributed by atoms with Crippen molar-refractivity contribution in [1.29, 1.82) is 0 Å². The van der Waals surface area contributed by atoms with Gasteiger partial charge in [-0.25, -0.2) is 0 Å². The summed E-state index contributed by atoms with van der Waals surface area (Å²) in [5.41, 5.74) is 0. The van der Waals surface area contributed by atoms with Crippen LogP contribution >= 0.6 is 0 Å². The van der Waals surface area contributed by atoms with Gasteiger partial charge >= 0.3 is 11.9 Å². The van der Waals surface area contributed by atoms with E-state index in [1.807, 2.05) is 0 Å². The second-order valence-corrected chi connectivity index (χ2v) is 17.3. The van der Waals surface area contributed by atoms with Crippen molar-refractivity contribution in [1.82, 2.24) is 4.90 Å². The van der Waals surface area contributed by atoms with E-state index in [4.69, 9.17) is 14.2 Å². The van der Waals surface area contributed by atoms with Gasteiger partial charge in [-0.05, 0) is 82.7 Å². The van der Waals surface area contributed by atoms with Crippen molar-refractivity contribution in [2.45, 2.75) is 260 Å². The number of carbonyl (C=O) groups excluding carboxylic acids is 2. The third-order valence-electron chi connectivity index (χ3n) is 12.0. The molecule has 0 bridgehead atoms. The molecule has 6 heteroatoms.